The van der Waals surface area contributed by atoms with Crippen molar-refractivity contribution in [2.24, 2.45) is 0 Å². The number of anilines is 1. The van der Waals surface area contributed by atoms with Gasteiger partial charge in [-0.25, -0.2) is 4.98 Å². The van der Waals surface area contributed by atoms with Gasteiger partial charge in [-0.2, -0.15) is 0 Å². The smallest absolute Gasteiger partial charge is 0.203 e. The van der Waals surface area contributed by atoms with E-state index in [0.717, 1.165) is 19.1 Å². The molecule has 1 saturated carbocycles. The molecule has 0 bridgehead atoms. The molecule has 0 radical (unpaired) electrons. The number of hydrogen-bond donors (Lipinski definition) is 1. The molecule has 0 unspecified atom stereocenters. The van der Waals surface area contributed by atoms with Gasteiger partial charge in [0.25, 0.3) is 0 Å². The van der Waals surface area contributed by atoms with Gasteiger partial charge in [0.05, 0.1) is 6.61 Å². The summed E-state index contributed by atoms with van der Waals surface area (Å²) < 4.78 is 7.21. The van der Waals surface area contributed by atoms with Crippen LogP contribution in [0.5, 0.6) is 0 Å². The summed E-state index contributed by atoms with van der Waals surface area (Å²) in [5.74, 6) is 0.990. The van der Waals surface area contributed by atoms with Gasteiger partial charge in [0.15, 0.2) is 0 Å². The first-order valence-corrected chi connectivity index (χ1v) is 6.17. The van der Waals surface area contributed by atoms with Crippen molar-refractivity contribution < 1.29 is 4.74 Å². The van der Waals surface area contributed by atoms with Gasteiger partial charge in [-0.05, 0) is 12.8 Å². The van der Waals surface area contributed by atoms with E-state index in [2.05, 4.69) is 14.9 Å². The van der Waals surface area contributed by atoms with Crippen LogP contribution in [0.25, 0.3) is 0 Å². The third-order valence-corrected chi connectivity index (χ3v) is 3.19. The van der Waals surface area contributed by atoms with E-state index in [4.69, 9.17) is 4.74 Å². The second kappa shape index (κ2) is 5.89. The number of methoxy groups -OCH3 is 1. The second-order valence-electron chi connectivity index (χ2n) is 4.42. The van der Waals surface area contributed by atoms with Crippen molar-refractivity contribution in [3.05, 3.63) is 12.4 Å². The van der Waals surface area contributed by atoms with Crippen molar-refractivity contribution >= 4 is 5.95 Å². The lowest BCUT2D eigenvalue weighted by Crippen LogP contribution is -2.24. The Morgan fingerprint density at radius 1 is 1.44 bits per heavy atom. The van der Waals surface area contributed by atoms with Gasteiger partial charge < -0.3 is 14.6 Å². The van der Waals surface area contributed by atoms with Crippen molar-refractivity contribution in [3.63, 3.8) is 0 Å². The van der Waals surface area contributed by atoms with Crippen molar-refractivity contribution in [3.8, 4) is 0 Å². The summed E-state index contributed by atoms with van der Waals surface area (Å²) >= 11 is 0. The maximum atomic E-state index is 5.08. The number of rotatable bonds is 5. The molecule has 1 aromatic heterocycles. The van der Waals surface area contributed by atoms with E-state index < -0.39 is 0 Å². The number of hydrogen-bond acceptors (Lipinski definition) is 3. The fourth-order valence-corrected chi connectivity index (χ4v) is 2.25. The van der Waals surface area contributed by atoms with E-state index in [0.29, 0.717) is 6.04 Å². The lowest BCUT2D eigenvalue weighted by molar-refractivity contribution is 0.187. The van der Waals surface area contributed by atoms with Crippen molar-refractivity contribution in [2.45, 2.75) is 44.7 Å². The molecule has 1 N–H and O–H groups in total. The lowest BCUT2D eigenvalue weighted by Gasteiger charge is -2.23. The molecular formula is C12H21N3O. The number of aromatic nitrogens is 2. The molecule has 1 fully saturated rings. The molecule has 0 aromatic carbocycles. The first-order chi connectivity index (χ1) is 7.90. The average molecular weight is 223 g/mol. The Balaban J connectivity index is 1.89. The van der Waals surface area contributed by atoms with E-state index in [9.17, 15) is 0 Å². The van der Waals surface area contributed by atoms with Gasteiger partial charge in [0.2, 0.25) is 5.95 Å². The molecular weight excluding hydrogens is 202 g/mol. The van der Waals surface area contributed by atoms with E-state index in [1.54, 1.807) is 7.11 Å². The Kier molecular flexibility index (Phi) is 4.22. The summed E-state index contributed by atoms with van der Waals surface area (Å²) in [5.41, 5.74) is 0. The molecule has 4 heteroatoms. The molecule has 16 heavy (non-hydrogen) atoms. The molecule has 1 aliphatic carbocycles. The Bertz CT molecular complexity index is 305. The van der Waals surface area contributed by atoms with Crippen molar-refractivity contribution in [2.75, 3.05) is 19.0 Å². The maximum Gasteiger partial charge on any atom is 0.203 e. The quantitative estimate of drug-likeness (QED) is 0.832. The lowest BCUT2D eigenvalue weighted by atomic mass is 9.96. The van der Waals surface area contributed by atoms with Gasteiger partial charge in [-0.15, -0.1) is 0 Å². The van der Waals surface area contributed by atoms with E-state index in [1.165, 1.54) is 32.1 Å². The number of ether oxygens (including phenoxy) is 1. The zero-order valence-corrected chi connectivity index (χ0v) is 9.98. The Hall–Kier alpha value is -1.03. The summed E-state index contributed by atoms with van der Waals surface area (Å²) in [5, 5.41) is 3.53. The molecule has 4 nitrogen and oxygen atoms in total. The summed E-state index contributed by atoms with van der Waals surface area (Å²) in [7, 11) is 1.73. The van der Waals surface area contributed by atoms with Crippen molar-refractivity contribution in [1.82, 2.24) is 9.55 Å². The zero-order valence-electron chi connectivity index (χ0n) is 9.98. The molecule has 0 atom stereocenters. The fraction of sp³-hybridized carbons (Fsp3) is 0.750. The molecule has 2 rings (SSSR count). The highest BCUT2D eigenvalue weighted by atomic mass is 16.5. The SMILES string of the molecule is COCCn1ccnc1NC1CCCCC1. The van der Waals surface area contributed by atoms with Gasteiger partial charge in [-0.1, -0.05) is 19.3 Å². The summed E-state index contributed by atoms with van der Waals surface area (Å²) in [6, 6.07) is 0.609. The molecule has 0 spiro atoms. The predicted octanol–water partition coefficient (Wildman–Crippen LogP) is 2.27. The zero-order chi connectivity index (χ0) is 11.2. The minimum absolute atomic E-state index is 0.609. The molecule has 1 heterocycles. The van der Waals surface area contributed by atoms with Gasteiger partial charge in [-0.3, -0.25) is 0 Å². The second-order valence-corrected chi connectivity index (χ2v) is 4.42. The summed E-state index contributed by atoms with van der Waals surface area (Å²) in [6.45, 7) is 1.60. The first-order valence-electron chi connectivity index (χ1n) is 6.17. The monoisotopic (exact) mass is 223 g/mol. The number of imidazole rings is 1. The van der Waals surface area contributed by atoms with Crippen LogP contribution in [0.3, 0.4) is 0 Å². The largest absolute Gasteiger partial charge is 0.383 e. The summed E-state index contributed by atoms with van der Waals surface area (Å²) in [4.78, 5) is 4.36. The average Bonchev–Trinajstić information content (AvgIpc) is 2.75. The van der Waals surface area contributed by atoms with Gasteiger partial charge in [0, 0.05) is 32.1 Å². The van der Waals surface area contributed by atoms with Crippen LogP contribution < -0.4 is 5.32 Å². The minimum Gasteiger partial charge on any atom is -0.383 e. The van der Waals surface area contributed by atoms with Crippen LogP contribution in [0.2, 0.25) is 0 Å². The number of nitrogens with one attached hydrogen (secondary N) is 1. The fourth-order valence-electron chi connectivity index (χ4n) is 2.25. The molecule has 1 aliphatic rings. The highest BCUT2D eigenvalue weighted by Gasteiger charge is 2.14. The topological polar surface area (TPSA) is 39.1 Å². The highest BCUT2D eigenvalue weighted by Crippen LogP contribution is 2.20. The molecule has 90 valence electrons. The van der Waals surface area contributed by atoms with E-state index >= 15 is 0 Å². The maximum absolute atomic E-state index is 5.08. The van der Waals surface area contributed by atoms with Crippen LogP contribution in [0.1, 0.15) is 32.1 Å². The standard InChI is InChI=1S/C12H21N3O/c1-16-10-9-15-8-7-13-12(15)14-11-5-3-2-4-6-11/h7-8,11H,2-6,9-10H2,1H3,(H,13,14). The van der Waals surface area contributed by atoms with E-state index in [-0.39, 0.29) is 0 Å². The Morgan fingerprint density at radius 2 is 2.25 bits per heavy atom. The van der Waals surface area contributed by atoms with Crippen LogP contribution in [0, 0.1) is 0 Å². The third-order valence-electron chi connectivity index (χ3n) is 3.19. The van der Waals surface area contributed by atoms with Gasteiger partial charge >= 0.3 is 0 Å². The number of nitrogens with zero attached hydrogens (tertiary/aromatic N) is 2. The van der Waals surface area contributed by atoms with Crippen LogP contribution >= 0.6 is 0 Å². The third kappa shape index (κ3) is 2.98. The molecule has 0 saturated heterocycles. The highest BCUT2D eigenvalue weighted by molar-refractivity contribution is 5.27. The molecule has 1 aromatic rings. The van der Waals surface area contributed by atoms with Crippen LogP contribution in [0.4, 0.5) is 5.95 Å². The minimum atomic E-state index is 0.609. The van der Waals surface area contributed by atoms with Gasteiger partial charge in [0.1, 0.15) is 0 Å². The first kappa shape index (κ1) is 11.5. The Morgan fingerprint density at radius 3 is 3.00 bits per heavy atom. The Labute approximate surface area is 97.0 Å². The van der Waals surface area contributed by atoms with Crippen LogP contribution in [-0.4, -0.2) is 29.3 Å². The summed E-state index contributed by atoms with van der Waals surface area (Å²) in [6.07, 6.45) is 10.5. The van der Waals surface area contributed by atoms with E-state index in [1.807, 2.05) is 12.4 Å². The van der Waals surface area contributed by atoms with Crippen molar-refractivity contribution in [1.29, 1.82) is 0 Å². The van der Waals surface area contributed by atoms with Crippen LogP contribution in [0.15, 0.2) is 12.4 Å². The molecule has 0 aliphatic heterocycles. The predicted molar refractivity (Wildman–Crippen MR) is 64.6 cm³/mol. The molecule has 0 amide bonds. The van der Waals surface area contributed by atoms with Crippen LogP contribution in [-0.2, 0) is 11.3 Å². The normalized spacial score (nSPS) is 17.6.